The quantitative estimate of drug-likeness (QED) is 0.354. The molecule has 0 bridgehead atoms. The molecule has 0 amide bonds. The maximum Gasteiger partial charge on any atom is 0.0783 e. The van der Waals surface area contributed by atoms with Crippen LogP contribution in [0.25, 0.3) is 33.2 Å². The lowest BCUT2D eigenvalue weighted by molar-refractivity contribution is 0.869. The second kappa shape index (κ2) is 5.81. The van der Waals surface area contributed by atoms with Crippen LogP contribution in [0.2, 0.25) is 0 Å². The highest BCUT2D eigenvalue weighted by atomic mass is 14.7. The number of nitrogens with zero attached hydrogens (tertiary/aromatic N) is 1. The van der Waals surface area contributed by atoms with Crippen molar-refractivity contribution in [3.63, 3.8) is 0 Å². The molecule has 0 saturated heterocycles. The topological polar surface area (TPSA) is 12.9 Å². The Morgan fingerprint density at radius 1 is 0.808 bits per heavy atom. The monoisotopic (exact) mass is 335 g/mol. The zero-order chi connectivity index (χ0) is 17.7. The van der Waals surface area contributed by atoms with Crippen molar-refractivity contribution >= 4 is 10.8 Å². The molecule has 26 heavy (non-hydrogen) atoms. The van der Waals surface area contributed by atoms with E-state index in [1.54, 1.807) is 0 Å². The van der Waals surface area contributed by atoms with Gasteiger partial charge in [-0.05, 0) is 51.6 Å². The van der Waals surface area contributed by atoms with Gasteiger partial charge in [-0.2, -0.15) is 0 Å². The summed E-state index contributed by atoms with van der Waals surface area (Å²) in [7, 11) is 0. The molecule has 126 valence electrons. The summed E-state index contributed by atoms with van der Waals surface area (Å²) in [6.45, 7) is 4.48. The lowest BCUT2D eigenvalue weighted by Gasteiger charge is -2.12. The predicted octanol–water partition coefficient (Wildman–Crippen LogP) is 6.60. The highest BCUT2D eigenvalue weighted by Crippen LogP contribution is 2.42. The predicted molar refractivity (Wildman–Crippen MR) is 110 cm³/mol. The fraction of sp³-hybridized carbons (Fsp3) is 0.160. The Bertz CT molecular complexity index is 1140. The van der Waals surface area contributed by atoms with Crippen molar-refractivity contribution in [2.45, 2.75) is 26.2 Å². The first kappa shape index (κ1) is 15.3. The van der Waals surface area contributed by atoms with Crippen molar-refractivity contribution in [3.8, 4) is 22.4 Å². The lowest BCUT2D eigenvalue weighted by atomic mass is 9.94. The van der Waals surface area contributed by atoms with Gasteiger partial charge in [0.2, 0.25) is 0 Å². The standard InChI is InChI=1S/C25H21N/c1-16(2)17-10-11-21-19(14-17)12-13-26-25(21)23-9-5-8-22-20-7-4-3-6-18(20)15-24(22)23/h3-14,16H,15H2,1-2H3. The van der Waals surface area contributed by atoms with Crippen molar-refractivity contribution in [2.24, 2.45) is 0 Å². The highest BCUT2D eigenvalue weighted by molar-refractivity contribution is 5.97. The van der Waals surface area contributed by atoms with E-state index in [0.717, 1.165) is 12.1 Å². The van der Waals surface area contributed by atoms with Gasteiger partial charge in [-0.15, -0.1) is 0 Å². The van der Waals surface area contributed by atoms with Gasteiger partial charge in [0.05, 0.1) is 5.69 Å². The van der Waals surface area contributed by atoms with Crippen molar-refractivity contribution in [2.75, 3.05) is 0 Å². The van der Waals surface area contributed by atoms with E-state index in [2.05, 4.69) is 80.6 Å². The first-order valence-corrected chi connectivity index (χ1v) is 9.31. The SMILES string of the molecule is CC(C)c1ccc2c(-c3cccc4c3Cc3ccccc3-4)nccc2c1. The molecule has 1 aliphatic carbocycles. The number of fused-ring (bicyclic) bond motifs is 4. The minimum absolute atomic E-state index is 0.534. The van der Waals surface area contributed by atoms with Crippen molar-refractivity contribution < 1.29 is 0 Å². The number of benzene rings is 3. The number of hydrogen-bond acceptors (Lipinski definition) is 1. The summed E-state index contributed by atoms with van der Waals surface area (Å²) in [5.41, 5.74) is 9.28. The maximum atomic E-state index is 4.79. The summed E-state index contributed by atoms with van der Waals surface area (Å²) in [4.78, 5) is 4.79. The minimum Gasteiger partial charge on any atom is -0.256 e. The molecule has 0 atom stereocenters. The maximum absolute atomic E-state index is 4.79. The van der Waals surface area contributed by atoms with E-state index >= 15 is 0 Å². The molecule has 1 heterocycles. The molecule has 0 N–H and O–H groups in total. The smallest absolute Gasteiger partial charge is 0.0783 e. The summed E-state index contributed by atoms with van der Waals surface area (Å²) < 4.78 is 0. The van der Waals surface area contributed by atoms with E-state index in [4.69, 9.17) is 4.98 Å². The fourth-order valence-corrected chi connectivity index (χ4v) is 4.15. The second-order valence-electron chi connectivity index (χ2n) is 7.46. The van der Waals surface area contributed by atoms with Crippen molar-refractivity contribution in [3.05, 3.63) is 89.6 Å². The van der Waals surface area contributed by atoms with Gasteiger partial charge in [0.1, 0.15) is 0 Å². The molecule has 0 radical (unpaired) electrons. The normalized spacial score (nSPS) is 12.4. The summed E-state index contributed by atoms with van der Waals surface area (Å²) in [6, 6.07) is 24.3. The third-order valence-electron chi connectivity index (χ3n) is 5.56. The van der Waals surface area contributed by atoms with Crippen LogP contribution in [0.5, 0.6) is 0 Å². The molecule has 0 aliphatic heterocycles. The molecule has 0 spiro atoms. The van der Waals surface area contributed by atoms with E-state index in [0.29, 0.717) is 5.92 Å². The van der Waals surface area contributed by atoms with Gasteiger partial charge in [-0.3, -0.25) is 4.98 Å². The number of rotatable bonds is 2. The lowest BCUT2D eigenvalue weighted by Crippen LogP contribution is -1.93. The summed E-state index contributed by atoms with van der Waals surface area (Å²) in [5, 5.41) is 2.51. The molecule has 1 nitrogen and oxygen atoms in total. The molecule has 0 fully saturated rings. The van der Waals surface area contributed by atoms with E-state index in [9.17, 15) is 0 Å². The fourth-order valence-electron chi connectivity index (χ4n) is 4.15. The Hall–Kier alpha value is -2.93. The van der Waals surface area contributed by atoms with Crippen LogP contribution in [0, 0.1) is 0 Å². The zero-order valence-corrected chi connectivity index (χ0v) is 15.2. The highest BCUT2D eigenvalue weighted by Gasteiger charge is 2.22. The van der Waals surface area contributed by atoms with Gasteiger partial charge in [0.25, 0.3) is 0 Å². The Balaban J connectivity index is 1.73. The van der Waals surface area contributed by atoms with Gasteiger partial charge in [-0.25, -0.2) is 0 Å². The molecule has 1 aromatic heterocycles. The van der Waals surface area contributed by atoms with Crippen molar-refractivity contribution in [1.29, 1.82) is 0 Å². The Kier molecular flexibility index (Phi) is 3.43. The van der Waals surface area contributed by atoms with Crippen LogP contribution < -0.4 is 0 Å². The van der Waals surface area contributed by atoms with E-state index in [1.807, 2.05) is 6.20 Å². The molecule has 1 aliphatic rings. The van der Waals surface area contributed by atoms with Crippen LogP contribution in [0.1, 0.15) is 36.5 Å². The summed E-state index contributed by atoms with van der Waals surface area (Å²) in [5.74, 6) is 0.534. The summed E-state index contributed by atoms with van der Waals surface area (Å²) >= 11 is 0. The largest absolute Gasteiger partial charge is 0.256 e. The third kappa shape index (κ3) is 2.28. The molecule has 1 heteroatoms. The van der Waals surface area contributed by atoms with Crippen molar-refractivity contribution in [1.82, 2.24) is 4.98 Å². The van der Waals surface area contributed by atoms with Crippen LogP contribution in [-0.4, -0.2) is 4.98 Å². The van der Waals surface area contributed by atoms with E-state index in [-0.39, 0.29) is 0 Å². The molecule has 4 aromatic rings. The molecular formula is C25H21N. The van der Waals surface area contributed by atoms with Crippen LogP contribution in [0.15, 0.2) is 72.9 Å². The Morgan fingerprint density at radius 2 is 1.62 bits per heavy atom. The van der Waals surface area contributed by atoms with Gasteiger partial charge in [0, 0.05) is 17.1 Å². The second-order valence-corrected chi connectivity index (χ2v) is 7.46. The van der Waals surface area contributed by atoms with Crippen LogP contribution in [0.3, 0.4) is 0 Å². The molecule has 0 saturated carbocycles. The third-order valence-corrected chi connectivity index (χ3v) is 5.56. The minimum atomic E-state index is 0.534. The van der Waals surface area contributed by atoms with Gasteiger partial charge < -0.3 is 0 Å². The van der Waals surface area contributed by atoms with E-state index < -0.39 is 0 Å². The average Bonchev–Trinajstić information content (AvgIpc) is 3.06. The molecule has 5 rings (SSSR count). The molecule has 3 aromatic carbocycles. The number of pyridine rings is 1. The van der Waals surface area contributed by atoms with Gasteiger partial charge >= 0.3 is 0 Å². The Morgan fingerprint density at radius 3 is 2.50 bits per heavy atom. The van der Waals surface area contributed by atoms with Crippen LogP contribution in [-0.2, 0) is 6.42 Å². The first-order valence-electron chi connectivity index (χ1n) is 9.31. The average molecular weight is 335 g/mol. The summed E-state index contributed by atoms with van der Waals surface area (Å²) in [6.07, 6.45) is 2.94. The first-order chi connectivity index (χ1) is 12.7. The number of aromatic nitrogens is 1. The number of hydrogen-bond donors (Lipinski definition) is 0. The van der Waals surface area contributed by atoms with Gasteiger partial charge in [-0.1, -0.05) is 74.5 Å². The van der Waals surface area contributed by atoms with Crippen LogP contribution in [0.4, 0.5) is 0 Å². The Labute approximate surface area is 154 Å². The van der Waals surface area contributed by atoms with Crippen LogP contribution >= 0.6 is 0 Å². The molecule has 0 unspecified atom stereocenters. The zero-order valence-electron chi connectivity index (χ0n) is 15.2. The van der Waals surface area contributed by atoms with E-state index in [1.165, 1.54) is 44.2 Å². The molecular weight excluding hydrogens is 314 g/mol. The van der Waals surface area contributed by atoms with Gasteiger partial charge in [0.15, 0.2) is 0 Å².